The van der Waals surface area contributed by atoms with E-state index in [0.29, 0.717) is 11.3 Å². The SMILES string of the molecule is Cc1ccc(S(=O)(=O)n2ccc(C)c2CC(O)(CO)c2ccccc2)cc1. The van der Waals surface area contributed by atoms with Crippen LogP contribution < -0.4 is 0 Å². The van der Waals surface area contributed by atoms with E-state index in [9.17, 15) is 18.6 Å². The lowest BCUT2D eigenvalue weighted by atomic mass is 9.89. The third-order valence-corrected chi connectivity index (χ3v) is 6.52. The number of benzene rings is 2. The van der Waals surface area contributed by atoms with E-state index in [1.54, 1.807) is 61.5 Å². The van der Waals surface area contributed by atoms with E-state index in [1.807, 2.05) is 13.0 Å². The molecular formula is C21H23NO4S. The summed E-state index contributed by atoms with van der Waals surface area (Å²) in [6.07, 6.45) is 1.46. The van der Waals surface area contributed by atoms with Gasteiger partial charge in [-0.3, -0.25) is 0 Å². The lowest BCUT2D eigenvalue weighted by Gasteiger charge is -2.27. The summed E-state index contributed by atoms with van der Waals surface area (Å²) in [6.45, 7) is 3.16. The first-order chi connectivity index (χ1) is 12.8. The molecule has 6 heteroatoms. The number of hydrogen-bond acceptors (Lipinski definition) is 4. The molecule has 0 saturated carbocycles. The number of hydrogen-bond donors (Lipinski definition) is 2. The summed E-state index contributed by atoms with van der Waals surface area (Å²) in [5.41, 5.74) is 1.10. The molecule has 0 amide bonds. The fourth-order valence-corrected chi connectivity index (χ4v) is 4.51. The molecule has 0 radical (unpaired) electrons. The second-order valence-corrected chi connectivity index (χ2v) is 8.61. The Kier molecular flexibility index (Phi) is 5.24. The van der Waals surface area contributed by atoms with Gasteiger partial charge in [0.15, 0.2) is 0 Å². The molecule has 0 spiro atoms. The normalized spacial score (nSPS) is 14.1. The van der Waals surface area contributed by atoms with Gasteiger partial charge in [0.2, 0.25) is 0 Å². The van der Waals surface area contributed by atoms with Gasteiger partial charge in [-0.05, 0) is 43.2 Å². The van der Waals surface area contributed by atoms with Gasteiger partial charge >= 0.3 is 0 Å². The number of aliphatic hydroxyl groups excluding tert-OH is 1. The molecule has 142 valence electrons. The minimum atomic E-state index is -3.80. The molecule has 0 aliphatic carbocycles. The van der Waals surface area contributed by atoms with Gasteiger partial charge in [-0.25, -0.2) is 12.4 Å². The topological polar surface area (TPSA) is 79.5 Å². The van der Waals surface area contributed by atoms with Gasteiger partial charge in [0.1, 0.15) is 5.60 Å². The molecule has 3 aromatic rings. The van der Waals surface area contributed by atoms with Crippen LogP contribution >= 0.6 is 0 Å². The Bertz CT molecular complexity index is 1020. The minimum Gasteiger partial charge on any atom is -0.393 e. The van der Waals surface area contributed by atoms with E-state index in [2.05, 4.69) is 0 Å². The summed E-state index contributed by atoms with van der Waals surface area (Å²) in [4.78, 5) is 0.178. The van der Waals surface area contributed by atoms with Crippen LogP contribution in [0, 0.1) is 13.8 Å². The Hall–Kier alpha value is -2.41. The standard InChI is InChI=1S/C21H23NO4S/c1-16-8-10-19(11-9-16)27(25,26)22-13-12-17(2)20(22)14-21(24,15-23)18-6-4-3-5-7-18/h3-13,23-24H,14-15H2,1-2H3. The summed E-state index contributed by atoms with van der Waals surface area (Å²) >= 11 is 0. The van der Waals surface area contributed by atoms with Crippen LogP contribution in [0.4, 0.5) is 0 Å². The van der Waals surface area contributed by atoms with Gasteiger partial charge in [0.25, 0.3) is 10.0 Å². The van der Waals surface area contributed by atoms with Crippen molar-refractivity contribution in [3.8, 4) is 0 Å². The molecule has 0 aliphatic rings. The first kappa shape index (κ1) is 19.4. The van der Waals surface area contributed by atoms with Crippen molar-refractivity contribution in [2.45, 2.75) is 30.8 Å². The Morgan fingerprint density at radius 2 is 1.59 bits per heavy atom. The predicted octanol–water partition coefficient (Wildman–Crippen LogP) is 2.76. The van der Waals surface area contributed by atoms with E-state index in [0.717, 1.165) is 11.1 Å². The van der Waals surface area contributed by atoms with Crippen molar-refractivity contribution in [1.82, 2.24) is 3.97 Å². The van der Waals surface area contributed by atoms with Crippen LogP contribution in [-0.2, 0) is 22.0 Å². The molecule has 2 aromatic carbocycles. The highest BCUT2D eigenvalue weighted by atomic mass is 32.2. The van der Waals surface area contributed by atoms with Gasteiger partial charge in [0, 0.05) is 18.3 Å². The zero-order chi connectivity index (χ0) is 19.7. The van der Waals surface area contributed by atoms with Crippen LogP contribution in [0.1, 0.15) is 22.4 Å². The van der Waals surface area contributed by atoms with E-state index < -0.39 is 22.2 Å². The summed E-state index contributed by atoms with van der Waals surface area (Å²) in [6, 6.07) is 17.1. The zero-order valence-electron chi connectivity index (χ0n) is 15.3. The molecule has 1 atom stereocenters. The van der Waals surface area contributed by atoms with Crippen LogP contribution in [0.15, 0.2) is 71.8 Å². The predicted molar refractivity (Wildman–Crippen MR) is 104 cm³/mol. The van der Waals surface area contributed by atoms with E-state index >= 15 is 0 Å². The quantitative estimate of drug-likeness (QED) is 0.684. The monoisotopic (exact) mass is 385 g/mol. The second kappa shape index (κ2) is 7.31. The first-order valence-electron chi connectivity index (χ1n) is 8.66. The first-order valence-corrected chi connectivity index (χ1v) is 10.1. The van der Waals surface area contributed by atoms with Crippen LogP contribution in [0.5, 0.6) is 0 Å². The molecule has 1 unspecified atom stereocenters. The number of rotatable bonds is 6. The minimum absolute atomic E-state index is 0.0303. The maximum Gasteiger partial charge on any atom is 0.267 e. The van der Waals surface area contributed by atoms with E-state index in [1.165, 1.54) is 10.2 Å². The molecule has 3 rings (SSSR count). The Labute approximate surface area is 159 Å². The highest BCUT2D eigenvalue weighted by Gasteiger charge is 2.32. The van der Waals surface area contributed by atoms with Crippen molar-refractivity contribution in [3.63, 3.8) is 0 Å². The molecule has 0 fully saturated rings. The maximum absolute atomic E-state index is 13.1. The summed E-state index contributed by atoms with van der Waals surface area (Å²) in [5.74, 6) is 0. The lowest BCUT2D eigenvalue weighted by Crippen LogP contribution is -2.34. The molecule has 0 aliphatic heterocycles. The third-order valence-electron chi connectivity index (χ3n) is 4.79. The second-order valence-electron chi connectivity index (χ2n) is 6.79. The zero-order valence-corrected chi connectivity index (χ0v) is 16.1. The number of aromatic nitrogens is 1. The highest BCUT2D eigenvalue weighted by Crippen LogP contribution is 2.29. The van der Waals surface area contributed by atoms with E-state index in [4.69, 9.17) is 0 Å². The Morgan fingerprint density at radius 3 is 2.19 bits per heavy atom. The fourth-order valence-electron chi connectivity index (χ4n) is 3.08. The average Bonchev–Trinajstić information content (AvgIpc) is 3.03. The van der Waals surface area contributed by atoms with Gasteiger partial charge < -0.3 is 10.2 Å². The molecule has 0 bridgehead atoms. The smallest absolute Gasteiger partial charge is 0.267 e. The summed E-state index contributed by atoms with van der Waals surface area (Å²) in [5, 5.41) is 20.9. The van der Waals surface area contributed by atoms with Crippen molar-refractivity contribution in [1.29, 1.82) is 0 Å². The van der Waals surface area contributed by atoms with Crippen LogP contribution in [-0.4, -0.2) is 29.2 Å². The number of aryl methyl sites for hydroxylation is 2. The van der Waals surface area contributed by atoms with Crippen molar-refractivity contribution in [2.75, 3.05) is 6.61 Å². The highest BCUT2D eigenvalue weighted by molar-refractivity contribution is 7.90. The molecule has 1 aromatic heterocycles. The third kappa shape index (κ3) is 3.69. The molecule has 2 N–H and O–H groups in total. The summed E-state index contributed by atoms with van der Waals surface area (Å²) in [7, 11) is -3.80. The molecular weight excluding hydrogens is 362 g/mol. The van der Waals surface area contributed by atoms with Crippen LogP contribution in [0.25, 0.3) is 0 Å². The lowest BCUT2D eigenvalue weighted by molar-refractivity contribution is -0.0197. The van der Waals surface area contributed by atoms with E-state index in [-0.39, 0.29) is 11.3 Å². The Morgan fingerprint density at radius 1 is 0.963 bits per heavy atom. The summed E-state index contributed by atoms with van der Waals surface area (Å²) < 4.78 is 27.4. The van der Waals surface area contributed by atoms with Crippen molar-refractivity contribution >= 4 is 10.0 Å². The molecule has 5 nitrogen and oxygen atoms in total. The van der Waals surface area contributed by atoms with Gasteiger partial charge in [0.05, 0.1) is 11.5 Å². The van der Waals surface area contributed by atoms with Crippen LogP contribution in [0.2, 0.25) is 0 Å². The van der Waals surface area contributed by atoms with Crippen molar-refractivity contribution in [3.05, 3.63) is 89.2 Å². The van der Waals surface area contributed by atoms with Gasteiger partial charge in [-0.1, -0.05) is 48.0 Å². The molecule has 0 saturated heterocycles. The van der Waals surface area contributed by atoms with Crippen molar-refractivity contribution in [2.24, 2.45) is 0 Å². The van der Waals surface area contributed by atoms with Gasteiger partial charge in [-0.2, -0.15) is 0 Å². The largest absolute Gasteiger partial charge is 0.393 e. The fraction of sp³-hybridized carbons (Fsp3) is 0.238. The van der Waals surface area contributed by atoms with Crippen LogP contribution in [0.3, 0.4) is 0 Å². The van der Waals surface area contributed by atoms with Gasteiger partial charge in [-0.15, -0.1) is 0 Å². The molecule has 27 heavy (non-hydrogen) atoms. The number of aliphatic hydroxyl groups is 2. The number of nitrogens with zero attached hydrogens (tertiary/aromatic N) is 1. The average molecular weight is 385 g/mol. The Balaban J connectivity index is 2.06. The molecule has 1 heterocycles. The maximum atomic E-state index is 13.1. The van der Waals surface area contributed by atoms with Crippen molar-refractivity contribution < 1.29 is 18.6 Å².